The molecule has 0 fully saturated rings. The molecule has 0 atom stereocenters. The number of carbonyl (C=O) groups excluding carboxylic acids is 3. The molecule has 0 bridgehead atoms. The lowest BCUT2D eigenvalue weighted by Gasteiger charge is -2.08. The van der Waals surface area contributed by atoms with E-state index in [1.807, 2.05) is 48.6 Å². The van der Waals surface area contributed by atoms with Gasteiger partial charge in [-0.15, -0.1) is 0 Å². The van der Waals surface area contributed by atoms with Gasteiger partial charge in [-0.3, -0.25) is 4.79 Å². The second-order valence-corrected chi connectivity index (χ2v) is 10.0. The maximum Gasteiger partial charge on any atom is 0.334 e. The molecule has 0 saturated heterocycles. The lowest BCUT2D eigenvalue weighted by Crippen LogP contribution is -2.15. The quantitative estimate of drug-likeness (QED) is 0.0460. The van der Waals surface area contributed by atoms with Crippen molar-refractivity contribution in [3.05, 3.63) is 109 Å². The lowest BCUT2D eigenvalue weighted by molar-refractivity contribution is -0.144. The van der Waals surface area contributed by atoms with Gasteiger partial charge < -0.3 is 23.7 Å². The second kappa shape index (κ2) is 19.2. The summed E-state index contributed by atoms with van der Waals surface area (Å²) >= 11 is 0. The SMILES string of the molecule is C=CC(=O)OCCCCCCOc1ccc(-c2ccc(/C=C/c3ccc(OCCOC(=O)C(=C)CC(=O)OC)cc3)cc2)cc1. The zero-order valence-corrected chi connectivity index (χ0v) is 25.7. The Morgan fingerprint density at radius 1 is 0.644 bits per heavy atom. The summed E-state index contributed by atoms with van der Waals surface area (Å²) in [7, 11) is 1.24. The van der Waals surface area contributed by atoms with Crippen molar-refractivity contribution >= 4 is 30.1 Å². The van der Waals surface area contributed by atoms with Crippen LogP contribution in [0.3, 0.4) is 0 Å². The first-order valence-electron chi connectivity index (χ1n) is 14.8. The highest BCUT2D eigenvalue weighted by atomic mass is 16.6. The molecule has 8 heteroatoms. The van der Waals surface area contributed by atoms with Crippen LogP contribution in [-0.4, -0.2) is 51.4 Å². The smallest absolute Gasteiger partial charge is 0.334 e. The molecular formula is C37H40O8. The molecular weight excluding hydrogens is 572 g/mol. The highest BCUT2D eigenvalue weighted by Crippen LogP contribution is 2.24. The highest BCUT2D eigenvalue weighted by Gasteiger charge is 2.13. The van der Waals surface area contributed by atoms with E-state index in [0.29, 0.717) is 19.0 Å². The van der Waals surface area contributed by atoms with Gasteiger partial charge in [-0.2, -0.15) is 0 Å². The first-order valence-corrected chi connectivity index (χ1v) is 14.8. The summed E-state index contributed by atoms with van der Waals surface area (Å²) in [5, 5.41) is 0. The molecule has 0 N–H and O–H groups in total. The number of carbonyl (C=O) groups is 3. The van der Waals surface area contributed by atoms with Gasteiger partial charge in [0.2, 0.25) is 0 Å². The van der Waals surface area contributed by atoms with E-state index in [2.05, 4.69) is 54.3 Å². The first-order chi connectivity index (χ1) is 21.9. The summed E-state index contributed by atoms with van der Waals surface area (Å²) in [4.78, 5) is 34.0. The Hall–Kier alpha value is -5.11. The largest absolute Gasteiger partial charge is 0.494 e. The third-order valence-corrected chi connectivity index (χ3v) is 6.62. The number of benzene rings is 3. The average Bonchev–Trinajstić information content (AvgIpc) is 3.07. The van der Waals surface area contributed by atoms with E-state index >= 15 is 0 Å². The Balaban J connectivity index is 1.35. The van der Waals surface area contributed by atoms with Crippen LogP contribution in [0.1, 0.15) is 43.2 Å². The summed E-state index contributed by atoms with van der Waals surface area (Å²) in [6.45, 7) is 8.21. The molecule has 0 saturated carbocycles. The van der Waals surface area contributed by atoms with E-state index < -0.39 is 11.9 Å². The van der Waals surface area contributed by atoms with Crippen molar-refractivity contribution in [2.75, 3.05) is 33.5 Å². The molecule has 3 aromatic carbocycles. The van der Waals surface area contributed by atoms with Crippen molar-refractivity contribution in [2.24, 2.45) is 0 Å². The van der Waals surface area contributed by atoms with Crippen molar-refractivity contribution in [1.29, 1.82) is 0 Å². The van der Waals surface area contributed by atoms with E-state index in [1.54, 1.807) is 0 Å². The summed E-state index contributed by atoms with van der Waals surface area (Å²) in [6.07, 6.45) is 8.84. The van der Waals surface area contributed by atoms with E-state index in [-0.39, 0.29) is 31.2 Å². The molecule has 8 nitrogen and oxygen atoms in total. The maximum atomic E-state index is 11.8. The summed E-state index contributed by atoms with van der Waals surface area (Å²) in [6, 6.07) is 24.0. The number of unbranched alkanes of at least 4 members (excludes halogenated alkanes) is 3. The van der Waals surface area contributed by atoms with Gasteiger partial charge in [-0.1, -0.05) is 73.8 Å². The van der Waals surface area contributed by atoms with Crippen LogP contribution in [0.4, 0.5) is 0 Å². The van der Waals surface area contributed by atoms with Gasteiger partial charge in [-0.05, 0) is 72.2 Å². The minimum absolute atomic E-state index is 0.0366. The zero-order valence-electron chi connectivity index (χ0n) is 25.7. The average molecular weight is 613 g/mol. The Labute approximate surface area is 264 Å². The van der Waals surface area contributed by atoms with E-state index in [4.69, 9.17) is 18.9 Å². The molecule has 0 unspecified atom stereocenters. The van der Waals surface area contributed by atoms with Gasteiger partial charge in [-0.25, -0.2) is 9.59 Å². The van der Waals surface area contributed by atoms with Crippen LogP contribution >= 0.6 is 0 Å². The normalized spacial score (nSPS) is 10.6. The highest BCUT2D eigenvalue weighted by molar-refractivity contribution is 5.93. The molecule has 45 heavy (non-hydrogen) atoms. The number of rotatable bonds is 19. The third-order valence-electron chi connectivity index (χ3n) is 6.62. The minimum Gasteiger partial charge on any atom is -0.494 e. The molecule has 0 amide bonds. The van der Waals surface area contributed by atoms with Gasteiger partial charge in [0.15, 0.2) is 0 Å². The number of hydrogen-bond acceptors (Lipinski definition) is 8. The van der Waals surface area contributed by atoms with Crippen molar-refractivity contribution < 1.29 is 38.1 Å². The van der Waals surface area contributed by atoms with Crippen LogP contribution in [-0.2, 0) is 28.6 Å². The van der Waals surface area contributed by atoms with Crippen LogP contribution < -0.4 is 9.47 Å². The number of hydrogen-bond donors (Lipinski definition) is 0. The van der Waals surface area contributed by atoms with Crippen LogP contribution in [0.2, 0.25) is 0 Å². The third kappa shape index (κ3) is 13.0. The Morgan fingerprint density at radius 2 is 1.16 bits per heavy atom. The predicted octanol–water partition coefficient (Wildman–Crippen LogP) is 7.23. The topological polar surface area (TPSA) is 97.4 Å². The monoisotopic (exact) mass is 612 g/mol. The van der Waals surface area contributed by atoms with Gasteiger partial charge in [0, 0.05) is 11.6 Å². The molecule has 3 aromatic rings. The molecule has 0 spiro atoms. The fourth-order valence-electron chi connectivity index (χ4n) is 4.09. The molecule has 0 aliphatic heterocycles. The van der Waals surface area contributed by atoms with Crippen molar-refractivity contribution in [3.63, 3.8) is 0 Å². The fraction of sp³-hybridized carbons (Fsp3) is 0.270. The van der Waals surface area contributed by atoms with E-state index in [9.17, 15) is 14.4 Å². The van der Waals surface area contributed by atoms with Gasteiger partial charge >= 0.3 is 17.9 Å². The standard InChI is InChI=1S/C37H40O8/c1-4-35(38)44-24-8-6-5-7-23-42-34-21-17-32(18-22-34)31-15-11-29(12-16-31)9-10-30-13-19-33(20-14-30)43-25-26-45-37(40)28(2)27-36(39)41-3/h4,9-22H,1-2,5-8,23-27H2,3H3/b10-9+. The molecule has 0 aliphatic carbocycles. The first kappa shape index (κ1) is 34.4. The van der Waals surface area contributed by atoms with Crippen molar-refractivity contribution in [1.82, 2.24) is 0 Å². The molecule has 0 aliphatic rings. The molecule has 0 radical (unpaired) electrons. The summed E-state index contributed by atoms with van der Waals surface area (Å²) < 4.78 is 26.0. The van der Waals surface area contributed by atoms with Crippen molar-refractivity contribution in [3.8, 4) is 22.6 Å². The zero-order chi connectivity index (χ0) is 32.3. The van der Waals surface area contributed by atoms with Gasteiger partial charge in [0.25, 0.3) is 0 Å². The number of methoxy groups -OCH3 is 1. The second-order valence-electron chi connectivity index (χ2n) is 10.0. The summed E-state index contributed by atoms with van der Waals surface area (Å²) in [5.74, 6) is -0.0743. The Bertz CT molecular complexity index is 1420. The lowest BCUT2D eigenvalue weighted by atomic mass is 10.0. The van der Waals surface area contributed by atoms with Crippen molar-refractivity contribution in [2.45, 2.75) is 32.1 Å². The number of esters is 3. The van der Waals surface area contributed by atoms with Crippen LogP contribution in [0.5, 0.6) is 11.5 Å². The van der Waals surface area contributed by atoms with Gasteiger partial charge in [0.1, 0.15) is 24.7 Å². The maximum absolute atomic E-state index is 11.8. The predicted molar refractivity (Wildman–Crippen MR) is 175 cm³/mol. The van der Waals surface area contributed by atoms with E-state index in [0.717, 1.165) is 53.7 Å². The van der Waals surface area contributed by atoms with Gasteiger partial charge in [0.05, 0.1) is 26.7 Å². The van der Waals surface area contributed by atoms with Crippen LogP contribution in [0.15, 0.2) is 97.6 Å². The molecule has 0 aromatic heterocycles. The summed E-state index contributed by atoms with van der Waals surface area (Å²) in [5.41, 5.74) is 4.37. The van der Waals surface area contributed by atoms with Crippen LogP contribution in [0.25, 0.3) is 23.3 Å². The number of ether oxygens (including phenoxy) is 5. The minimum atomic E-state index is -0.650. The Kier molecular flexibility index (Phi) is 14.7. The van der Waals surface area contributed by atoms with Crippen LogP contribution in [0, 0.1) is 0 Å². The molecule has 236 valence electrons. The molecule has 0 heterocycles. The fourth-order valence-corrected chi connectivity index (χ4v) is 4.09. The Morgan fingerprint density at radius 3 is 1.73 bits per heavy atom. The van der Waals surface area contributed by atoms with E-state index in [1.165, 1.54) is 13.2 Å². The molecule has 3 rings (SSSR count).